The molecule has 0 N–H and O–H groups in total. The summed E-state index contributed by atoms with van der Waals surface area (Å²) in [7, 11) is 0. The molecule has 2 nitrogen and oxygen atoms in total. The minimum absolute atomic E-state index is 0.177. The van der Waals surface area contributed by atoms with Gasteiger partial charge in [-0.25, -0.2) is 0 Å². The molecule has 0 heterocycles. The predicted octanol–water partition coefficient (Wildman–Crippen LogP) is 3.91. The van der Waals surface area contributed by atoms with Crippen LogP contribution in [0.15, 0.2) is 68.3 Å². The molecule has 0 saturated heterocycles. The molecule has 0 bridgehead atoms. The van der Waals surface area contributed by atoms with Crippen molar-refractivity contribution in [3.05, 3.63) is 73.9 Å². The zero-order valence-corrected chi connectivity index (χ0v) is 11.5. The third-order valence-electron chi connectivity index (χ3n) is 3.07. The Balaban J connectivity index is 2.73. The molecule has 0 radical (unpaired) electrons. The van der Waals surface area contributed by atoms with Crippen LogP contribution in [0.3, 0.4) is 0 Å². The Kier molecular flexibility index (Phi) is 6.26. The molecule has 0 unspecified atom stereocenters. The van der Waals surface area contributed by atoms with Crippen LogP contribution in [0.1, 0.15) is 12.5 Å². The van der Waals surface area contributed by atoms with Crippen molar-refractivity contribution in [2.45, 2.75) is 25.2 Å². The minimum atomic E-state index is -0.696. The van der Waals surface area contributed by atoms with E-state index < -0.39 is 5.60 Å². The van der Waals surface area contributed by atoms with Gasteiger partial charge >= 0.3 is 0 Å². The van der Waals surface area contributed by atoms with E-state index in [0.29, 0.717) is 13.2 Å². The summed E-state index contributed by atoms with van der Waals surface area (Å²) in [6.07, 6.45) is 5.00. The van der Waals surface area contributed by atoms with Gasteiger partial charge in [0.1, 0.15) is 5.60 Å². The molecule has 102 valence electrons. The molecule has 0 aromatic heterocycles. The maximum absolute atomic E-state index is 5.98. The number of benzene rings is 1. The molecule has 0 aliphatic carbocycles. The molecule has 0 saturated carbocycles. The van der Waals surface area contributed by atoms with E-state index in [0.717, 1.165) is 5.56 Å². The van der Waals surface area contributed by atoms with Gasteiger partial charge in [0.25, 0.3) is 0 Å². The molecule has 1 rings (SSSR count). The second kappa shape index (κ2) is 7.72. The van der Waals surface area contributed by atoms with Crippen molar-refractivity contribution in [1.82, 2.24) is 0 Å². The zero-order chi connectivity index (χ0) is 14.1. The molecule has 0 aliphatic heterocycles. The van der Waals surface area contributed by atoms with Gasteiger partial charge in [0.2, 0.25) is 0 Å². The fraction of sp³-hybridized carbons (Fsp3) is 0.294. The summed E-state index contributed by atoms with van der Waals surface area (Å²) >= 11 is 0. The van der Waals surface area contributed by atoms with Crippen LogP contribution >= 0.6 is 0 Å². The quantitative estimate of drug-likeness (QED) is 0.625. The van der Waals surface area contributed by atoms with E-state index in [9.17, 15) is 0 Å². The van der Waals surface area contributed by atoms with Crippen LogP contribution in [0, 0.1) is 0 Å². The Bertz CT molecular complexity index is 401. The van der Waals surface area contributed by atoms with E-state index in [4.69, 9.17) is 9.47 Å². The average molecular weight is 258 g/mol. The summed E-state index contributed by atoms with van der Waals surface area (Å²) in [5.41, 5.74) is 0.408. The number of hydrogen-bond acceptors (Lipinski definition) is 2. The third-order valence-corrected chi connectivity index (χ3v) is 3.07. The van der Waals surface area contributed by atoms with Crippen LogP contribution in [0.4, 0.5) is 0 Å². The first kappa shape index (κ1) is 15.4. The van der Waals surface area contributed by atoms with Crippen LogP contribution < -0.4 is 0 Å². The molecule has 1 aromatic rings. The number of ether oxygens (including phenoxy) is 2. The highest BCUT2D eigenvalue weighted by Gasteiger charge is 2.31. The van der Waals surface area contributed by atoms with Gasteiger partial charge in [-0.2, -0.15) is 0 Å². The molecule has 19 heavy (non-hydrogen) atoms. The van der Waals surface area contributed by atoms with Crippen LogP contribution in [0.5, 0.6) is 0 Å². The van der Waals surface area contributed by atoms with Crippen molar-refractivity contribution in [1.29, 1.82) is 0 Å². The lowest BCUT2D eigenvalue weighted by Crippen LogP contribution is -2.41. The van der Waals surface area contributed by atoms with E-state index in [2.05, 4.69) is 19.7 Å². The maximum Gasteiger partial charge on any atom is 0.130 e. The van der Waals surface area contributed by atoms with Gasteiger partial charge in [0.05, 0.1) is 19.3 Å². The standard InChI is InChI=1S/C17H22O2/c1-5-13-18-15(4)17(6-2,7-3)19-14-16-11-9-8-10-12-16/h5-12,15H,1-3,13-14H2,4H3/t15-/m0/s1. The highest BCUT2D eigenvalue weighted by molar-refractivity contribution is 5.17. The van der Waals surface area contributed by atoms with Crippen molar-refractivity contribution < 1.29 is 9.47 Å². The summed E-state index contributed by atoms with van der Waals surface area (Å²) in [6, 6.07) is 9.99. The highest BCUT2D eigenvalue weighted by Crippen LogP contribution is 2.24. The fourth-order valence-electron chi connectivity index (χ4n) is 1.78. The normalized spacial score (nSPS) is 12.7. The zero-order valence-electron chi connectivity index (χ0n) is 11.5. The van der Waals surface area contributed by atoms with Crippen molar-refractivity contribution >= 4 is 0 Å². The lowest BCUT2D eigenvalue weighted by atomic mass is 9.97. The lowest BCUT2D eigenvalue weighted by Gasteiger charge is -2.33. The van der Waals surface area contributed by atoms with E-state index in [1.807, 2.05) is 37.3 Å². The smallest absolute Gasteiger partial charge is 0.130 e. The van der Waals surface area contributed by atoms with Crippen molar-refractivity contribution in [3.8, 4) is 0 Å². The van der Waals surface area contributed by atoms with E-state index in [1.54, 1.807) is 18.2 Å². The summed E-state index contributed by atoms with van der Waals surface area (Å²) in [6.45, 7) is 14.2. The van der Waals surface area contributed by atoms with Gasteiger partial charge in [0.15, 0.2) is 0 Å². The largest absolute Gasteiger partial charge is 0.371 e. The van der Waals surface area contributed by atoms with E-state index in [-0.39, 0.29) is 6.10 Å². The molecule has 0 amide bonds. The maximum atomic E-state index is 5.98. The third kappa shape index (κ3) is 4.19. The summed E-state index contributed by atoms with van der Waals surface area (Å²) in [5.74, 6) is 0. The topological polar surface area (TPSA) is 18.5 Å². The monoisotopic (exact) mass is 258 g/mol. The predicted molar refractivity (Wildman–Crippen MR) is 80.0 cm³/mol. The second-order valence-electron chi connectivity index (χ2n) is 4.30. The second-order valence-corrected chi connectivity index (χ2v) is 4.30. The average Bonchev–Trinajstić information content (AvgIpc) is 2.47. The van der Waals surface area contributed by atoms with Gasteiger partial charge in [-0.1, -0.05) is 61.7 Å². The Labute approximate surface area is 116 Å². The summed E-state index contributed by atoms with van der Waals surface area (Å²) in [4.78, 5) is 0. The molecular formula is C17H22O2. The summed E-state index contributed by atoms with van der Waals surface area (Å²) < 4.78 is 11.6. The van der Waals surface area contributed by atoms with Crippen molar-refractivity contribution in [2.24, 2.45) is 0 Å². The Morgan fingerprint density at radius 3 is 2.32 bits per heavy atom. The van der Waals surface area contributed by atoms with Crippen LogP contribution in [0.25, 0.3) is 0 Å². The molecule has 0 aliphatic rings. The molecule has 1 aromatic carbocycles. The molecule has 0 spiro atoms. The molecule has 1 atom stereocenters. The summed E-state index contributed by atoms with van der Waals surface area (Å²) in [5, 5.41) is 0. The van der Waals surface area contributed by atoms with Crippen LogP contribution in [0.2, 0.25) is 0 Å². The first-order valence-corrected chi connectivity index (χ1v) is 6.36. The van der Waals surface area contributed by atoms with Gasteiger partial charge in [-0.05, 0) is 12.5 Å². The van der Waals surface area contributed by atoms with Gasteiger partial charge in [-0.3, -0.25) is 0 Å². The van der Waals surface area contributed by atoms with Gasteiger partial charge in [0, 0.05) is 0 Å². The number of rotatable bonds is 9. The first-order chi connectivity index (χ1) is 9.18. The fourth-order valence-corrected chi connectivity index (χ4v) is 1.78. The Morgan fingerprint density at radius 1 is 1.16 bits per heavy atom. The van der Waals surface area contributed by atoms with Crippen molar-refractivity contribution in [2.75, 3.05) is 6.61 Å². The van der Waals surface area contributed by atoms with Gasteiger partial charge < -0.3 is 9.47 Å². The molecular weight excluding hydrogens is 236 g/mol. The Hall–Kier alpha value is -1.64. The lowest BCUT2D eigenvalue weighted by molar-refractivity contribution is -0.0861. The molecule has 2 heteroatoms. The Morgan fingerprint density at radius 2 is 1.79 bits per heavy atom. The van der Waals surface area contributed by atoms with Gasteiger partial charge in [-0.15, -0.1) is 6.58 Å². The van der Waals surface area contributed by atoms with Crippen molar-refractivity contribution in [3.63, 3.8) is 0 Å². The SMILES string of the molecule is C=CCO[C@@H](C)C(C=C)(C=C)OCc1ccccc1. The van der Waals surface area contributed by atoms with E-state index >= 15 is 0 Å². The van der Waals surface area contributed by atoms with Crippen LogP contribution in [-0.4, -0.2) is 18.3 Å². The highest BCUT2D eigenvalue weighted by atomic mass is 16.5. The first-order valence-electron chi connectivity index (χ1n) is 6.36. The minimum Gasteiger partial charge on any atom is -0.371 e. The number of hydrogen-bond donors (Lipinski definition) is 0. The molecule has 0 fully saturated rings. The van der Waals surface area contributed by atoms with E-state index in [1.165, 1.54) is 0 Å². The van der Waals surface area contributed by atoms with Crippen LogP contribution in [-0.2, 0) is 16.1 Å².